The van der Waals surface area contributed by atoms with Crippen molar-refractivity contribution in [3.05, 3.63) is 146 Å². The summed E-state index contributed by atoms with van der Waals surface area (Å²) in [4.78, 5) is 15.2. The Morgan fingerprint density at radius 3 is 2.24 bits per heavy atom. The van der Waals surface area contributed by atoms with Crippen LogP contribution in [0.25, 0.3) is 92.1 Å². The van der Waals surface area contributed by atoms with E-state index >= 15 is 0 Å². The number of aromatic nitrogens is 4. The molecule has 0 saturated heterocycles. The second kappa shape index (κ2) is 9.80. The fourth-order valence-corrected chi connectivity index (χ4v) is 8.03. The lowest BCUT2D eigenvalue weighted by molar-refractivity contribution is 1.07. The summed E-state index contributed by atoms with van der Waals surface area (Å²) in [7, 11) is 0. The van der Waals surface area contributed by atoms with Crippen molar-refractivity contribution in [2.24, 2.45) is 0 Å². The van der Waals surface area contributed by atoms with E-state index in [-0.39, 0.29) is 0 Å². The lowest BCUT2D eigenvalue weighted by Crippen LogP contribution is -2.04. The highest BCUT2D eigenvalue weighted by molar-refractivity contribution is 7.25. The minimum absolute atomic E-state index is 0.632. The van der Waals surface area contributed by atoms with Gasteiger partial charge in [0.05, 0.1) is 11.0 Å². The number of hydrogen-bond donors (Lipinski definition) is 0. The van der Waals surface area contributed by atoms with E-state index in [1.165, 1.54) is 52.8 Å². The molecule has 0 fully saturated rings. The molecule has 4 nitrogen and oxygen atoms in total. The third-order valence-corrected chi connectivity index (χ3v) is 10.2. The third kappa shape index (κ3) is 3.76. The maximum atomic E-state index is 5.35. The third-order valence-electron chi connectivity index (χ3n) is 9.03. The molecule has 0 unspecified atom stereocenters. The molecule has 214 valence electrons. The standard InChI is InChI=1S/C41H24N4S/c1-2-10-25(11-3-1)29-15-8-17-34-38(29)32-22-26-12-4-5-13-27(26)24-35(32)45(34)41-39(44-40-33(43-41)16-9-21-42-40)28-19-20-37-31(23-28)30-14-6-7-18-36(30)46-37/h1-24H. The zero-order chi connectivity index (χ0) is 30.2. The van der Waals surface area contributed by atoms with Gasteiger partial charge in [-0.1, -0.05) is 91.0 Å². The Balaban J connectivity index is 1.36. The maximum Gasteiger partial charge on any atom is 0.178 e. The second-order valence-electron chi connectivity index (χ2n) is 11.7. The quantitative estimate of drug-likeness (QED) is 0.201. The maximum absolute atomic E-state index is 5.35. The Morgan fingerprint density at radius 2 is 1.33 bits per heavy atom. The largest absolute Gasteiger partial charge is 0.292 e. The van der Waals surface area contributed by atoms with Gasteiger partial charge in [-0.05, 0) is 70.4 Å². The first-order valence-corrected chi connectivity index (χ1v) is 16.2. The van der Waals surface area contributed by atoms with Gasteiger partial charge in [-0.15, -0.1) is 11.3 Å². The van der Waals surface area contributed by atoms with Crippen molar-refractivity contribution in [1.82, 2.24) is 19.5 Å². The number of hydrogen-bond acceptors (Lipinski definition) is 4. The van der Waals surface area contributed by atoms with E-state index in [0.717, 1.165) is 33.6 Å². The van der Waals surface area contributed by atoms with Crippen LogP contribution in [0.5, 0.6) is 0 Å². The van der Waals surface area contributed by atoms with Crippen LogP contribution in [0.1, 0.15) is 0 Å². The molecule has 4 heterocycles. The van der Waals surface area contributed by atoms with Crippen LogP contribution >= 0.6 is 11.3 Å². The fourth-order valence-electron chi connectivity index (χ4n) is 6.95. The van der Waals surface area contributed by atoms with Gasteiger partial charge in [0.15, 0.2) is 11.5 Å². The Bertz CT molecular complexity index is 2810. The first-order valence-electron chi connectivity index (χ1n) is 15.4. The van der Waals surface area contributed by atoms with Crippen molar-refractivity contribution in [2.45, 2.75) is 0 Å². The van der Waals surface area contributed by atoms with E-state index in [1.807, 2.05) is 23.5 Å². The lowest BCUT2D eigenvalue weighted by Gasteiger charge is -2.14. The molecular formula is C41H24N4S. The van der Waals surface area contributed by atoms with Crippen LogP contribution in [0.4, 0.5) is 0 Å². The van der Waals surface area contributed by atoms with Gasteiger partial charge < -0.3 is 0 Å². The summed E-state index contributed by atoms with van der Waals surface area (Å²) in [5.41, 5.74) is 7.78. The van der Waals surface area contributed by atoms with Gasteiger partial charge in [-0.25, -0.2) is 15.0 Å². The van der Waals surface area contributed by atoms with Crippen molar-refractivity contribution < 1.29 is 0 Å². The van der Waals surface area contributed by atoms with E-state index in [2.05, 4.69) is 137 Å². The summed E-state index contributed by atoms with van der Waals surface area (Å²) in [6.07, 6.45) is 1.79. The molecule has 10 aromatic rings. The highest BCUT2D eigenvalue weighted by Crippen LogP contribution is 2.42. The highest BCUT2D eigenvalue weighted by Gasteiger charge is 2.22. The monoisotopic (exact) mass is 604 g/mol. The Labute approximate surface area is 267 Å². The lowest BCUT2D eigenvalue weighted by atomic mass is 9.98. The zero-order valence-electron chi connectivity index (χ0n) is 24.6. The summed E-state index contributed by atoms with van der Waals surface area (Å²) < 4.78 is 4.85. The number of pyridine rings is 1. The molecule has 46 heavy (non-hydrogen) atoms. The van der Waals surface area contributed by atoms with E-state index < -0.39 is 0 Å². The molecule has 4 aromatic heterocycles. The van der Waals surface area contributed by atoms with Gasteiger partial charge in [-0.3, -0.25) is 4.57 Å². The van der Waals surface area contributed by atoms with Gasteiger partial charge in [0.25, 0.3) is 0 Å². The number of nitrogens with zero attached hydrogens (tertiary/aromatic N) is 4. The van der Waals surface area contributed by atoms with Crippen LogP contribution < -0.4 is 0 Å². The van der Waals surface area contributed by atoms with Crippen LogP contribution in [0.3, 0.4) is 0 Å². The van der Waals surface area contributed by atoms with Crippen molar-refractivity contribution in [3.63, 3.8) is 0 Å². The number of rotatable bonds is 3. The molecular weight excluding hydrogens is 581 g/mol. The summed E-state index contributed by atoms with van der Waals surface area (Å²) in [6, 6.07) is 49.7. The van der Waals surface area contributed by atoms with Crippen molar-refractivity contribution >= 4 is 75.3 Å². The molecule has 0 amide bonds. The minimum Gasteiger partial charge on any atom is -0.292 e. The molecule has 5 heteroatoms. The van der Waals surface area contributed by atoms with Gasteiger partial charge in [0.2, 0.25) is 0 Å². The smallest absolute Gasteiger partial charge is 0.178 e. The van der Waals surface area contributed by atoms with Crippen LogP contribution in [0, 0.1) is 0 Å². The Kier molecular flexibility index (Phi) is 5.41. The average Bonchev–Trinajstić information content (AvgIpc) is 3.65. The van der Waals surface area contributed by atoms with Crippen LogP contribution in [0.2, 0.25) is 0 Å². The molecule has 0 bridgehead atoms. The van der Waals surface area contributed by atoms with Gasteiger partial charge in [0.1, 0.15) is 11.2 Å². The zero-order valence-corrected chi connectivity index (χ0v) is 25.4. The van der Waals surface area contributed by atoms with Crippen molar-refractivity contribution in [2.75, 3.05) is 0 Å². The molecule has 0 atom stereocenters. The minimum atomic E-state index is 0.632. The first kappa shape index (κ1) is 25.4. The molecule has 0 saturated carbocycles. The summed E-state index contributed by atoms with van der Waals surface area (Å²) in [5.74, 6) is 0.792. The van der Waals surface area contributed by atoms with Crippen LogP contribution in [0.15, 0.2) is 146 Å². The fraction of sp³-hybridized carbons (Fsp3) is 0. The molecule has 0 N–H and O–H groups in total. The van der Waals surface area contributed by atoms with Crippen LogP contribution in [-0.4, -0.2) is 19.5 Å². The topological polar surface area (TPSA) is 43.6 Å². The molecule has 10 rings (SSSR count). The SMILES string of the molecule is c1ccc(-c2cccc3c2c2cc4ccccc4cc2n3-c2nc3cccnc3nc2-c2ccc3sc4ccccc4c3c2)cc1. The molecule has 0 spiro atoms. The van der Waals surface area contributed by atoms with E-state index in [9.17, 15) is 0 Å². The Hall–Kier alpha value is -5.91. The summed E-state index contributed by atoms with van der Waals surface area (Å²) in [5, 5.41) is 7.27. The second-order valence-corrected chi connectivity index (χ2v) is 12.8. The van der Waals surface area contributed by atoms with Crippen molar-refractivity contribution in [1.29, 1.82) is 0 Å². The predicted molar refractivity (Wildman–Crippen MR) is 193 cm³/mol. The Morgan fingerprint density at radius 1 is 0.522 bits per heavy atom. The molecule has 0 aliphatic heterocycles. The van der Waals surface area contributed by atoms with Gasteiger partial charge in [0, 0.05) is 42.7 Å². The average molecular weight is 605 g/mol. The molecule has 0 radical (unpaired) electrons. The molecule has 0 aliphatic rings. The normalized spacial score (nSPS) is 11.9. The first-order chi connectivity index (χ1) is 22.8. The van der Waals surface area contributed by atoms with Crippen molar-refractivity contribution in [3.8, 4) is 28.2 Å². The number of fused-ring (bicyclic) bond motifs is 8. The van der Waals surface area contributed by atoms with E-state index in [1.54, 1.807) is 6.20 Å². The van der Waals surface area contributed by atoms with E-state index in [0.29, 0.717) is 5.65 Å². The predicted octanol–water partition coefficient (Wildman–Crippen LogP) is 11.0. The summed E-state index contributed by atoms with van der Waals surface area (Å²) >= 11 is 1.82. The molecule has 6 aromatic carbocycles. The highest BCUT2D eigenvalue weighted by atomic mass is 32.1. The number of thiophene rings is 1. The molecule has 0 aliphatic carbocycles. The van der Waals surface area contributed by atoms with Gasteiger partial charge in [-0.2, -0.15) is 0 Å². The van der Waals surface area contributed by atoms with E-state index in [4.69, 9.17) is 9.97 Å². The van der Waals surface area contributed by atoms with Gasteiger partial charge >= 0.3 is 0 Å². The number of benzene rings is 6. The summed E-state index contributed by atoms with van der Waals surface area (Å²) in [6.45, 7) is 0. The van der Waals surface area contributed by atoms with Crippen LogP contribution in [-0.2, 0) is 0 Å².